The number of fused-ring (bicyclic) bond motifs is 1. The number of ether oxygens (including phenoxy) is 1. The minimum absolute atomic E-state index is 0.0630. The Kier molecular flexibility index (Phi) is 4.89. The topological polar surface area (TPSA) is 100 Å². The van der Waals surface area contributed by atoms with Gasteiger partial charge in [0.05, 0.1) is 16.6 Å². The molecule has 0 aromatic carbocycles. The maximum atomic E-state index is 12.3. The van der Waals surface area contributed by atoms with E-state index in [4.69, 9.17) is 4.74 Å². The number of H-pyrrole nitrogens is 1. The van der Waals surface area contributed by atoms with Crippen LogP contribution in [0.1, 0.15) is 24.2 Å². The van der Waals surface area contributed by atoms with Crippen LogP contribution in [-0.4, -0.2) is 51.6 Å². The standard InChI is InChI=1S/C15H20N4O3/c1-15(2,21)8-22-14-12-10(11(20)5-4-6-16-3)7-17-13(12)18-9-19-14/h4-5,7,9,16,21H,6,8H2,1-3H3,(H,17,18,19)/b5-4+. The molecule has 0 unspecified atom stereocenters. The molecule has 0 amide bonds. The summed E-state index contributed by atoms with van der Waals surface area (Å²) in [5.41, 5.74) is -0.0374. The Hall–Kier alpha value is -2.25. The van der Waals surface area contributed by atoms with Crippen LogP contribution in [-0.2, 0) is 0 Å². The van der Waals surface area contributed by atoms with Crippen LogP contribution in [0.2, 0.25) is 0 Å². The summed E-state index contributed by atoms with van der Waals surface area (Å²) >= 11 is 0. The summed E-state index contributed by atoms with van der Waals surface area (Å²) in [6.45, 7) is 3.93. The zero-order valence-corrected chi connectivity index (χ0v) is 12.9. The fraction of sp³-hybridized carbons (Fsp3) is 0.400. The number of hydrogen-bond donors (Lipinski definition) is 3. The van der Waals surface area contributed by atoms with Gasteiger partial charge < -0.3 is 20.1 Å². The fourth-order valence-corrected chi connectivity index (χ4v) is 1.86. The molecule has 7 nitrogen and oxygen atoms in total. The van der Waals surface area contributed by atoms with E-state index < -0.39 is 5.60 Å². The molecule has 2 aromatic rings. The molecule has 0 aliphatic carbocycles. The van der Waals surface area contributed by atoms with Crippen molar-refractivity contribution in [1.29, 1.82) is 0 Å². The summed E-state index contributed by atoms with van der Waals surface area (Å²) in [6.07, 6.45) is 6.17. The van der Waals surface area contributed by atoms with E-state index in [1.54, 1.807) is 33.2 Å². The van der Waals surface area contributed by atoms with Crippen LogP contribution in [0, 0.1) is 0 Å². The molecule has 0 bridgehead atoms. The molecule has 22 heavy (non-hydrogen) atoms. The lowest BCUT2D eigenvalue weighted by Crippen LogP contribution is -2.28. The number of carbonyl (C=O) groups is 1. The number of nitrogens with one attached hydrogen (secondary N) is 2. The summed E-state index contributed by atoms with van der Waals surface area (Å²) in [4.78, 5) is 23.3. The quantitative estimate of drug-likeness (QED) is 0.522. The molecule has 3 N–H and O–H groups in total. The highest BCUT2D eigenvalue weighted by Gasteiger charge is 2.19. The molecule has 0 radical (unpaired) electrons. The number of aromatic nitrogens is 3. The monoisotopic (exact) mass is 304 g/mol. The molecule has 0 saturated heterocycles. The number of rotatable bonds is 7. The van der Waals surface area contributed by atoms with Gasteiger partial charge in [-0.3, -0.25) is 4.79 Å². The Morgan fingerprint density at radius 3 is 2.95 bits per heavy atom. The summed E-state index contributed by atoms with van der Waals surface area (Å²) < 4.78 is 5.55. The number of aromatic amines is 1. The largest absolute Gasteiger partial charge is 0.474 e. The molecular weight excluding hydrogens is 284 g/mol. The number of likely N-dealkylation sites (N-methyl/N-ethyl adjacent to an activating group) is 1. The molecule has 0 saturated carbocycles. The maximum absolute atomic E-state index is 12.3. The molecule has 0 aliphatic rings. The van der Waals surface area contributed by atoms with Crippen molar-refractivity contribution < 1.29 is 14.6 Å². The molecule has 2 aromatic heterocycles. The van der Waals surface area contributed by atoms with Gasteiger partial charge in [0.1, 0.15) is 18.6 Å². The first-order valence-electron chi connectivity index (χ1n) is 6.95. The highest BCUT2D eigenvalue weighted by molar-refractivity contribution is 6.13. The predicted molar refractivity (Wildman–Crippen MR) is 83.1 cm³/mol. The van der Waals surface area contributed by atoms with Crippen LogP contribution in [0.15, 0.2) is 24.7 Å². The van der Waals surface area contributed by atoms with E-state index in [-0.39, 0.29) is 18.3 Å². The zero-order valence-electron chi connectivity index (χ0n) is 12.9. The molecule has 0 atom stereocenters. The minimum Gasteiger partial charge on any atom is -0.474 e. The van der Waals surface area contributed by atoms with Gasteiger partial charge in [0.2, 0.25) is 5.88 Å². The third-order valence-corrected chi connectivity index (χ3v) is 2.85. The second-order valence-corrected chi connectivity index (χ2v) is 5.53. The second kappa shape index (κ2) is 6.67. The van der Waals surface area contributed by atoms with E-state index in [2.05, 4.69) is 20.3 Å². The van der Waals surface area contributed by atoms with E-state index in [1.807, 2.05) is 0 Å². The first kappa shape index (κ1) is 16.1. The molecule has 0 spiro atoms. The van der Waals surface area contributed by atoms with Crippen LogP contribution in [0.4, 0.5) is 0 Å². The SMILES string of the molecule is CNC/C=C/C(=O)c1c[nH]c2ncnc(OCC(C)(C)O)c12. The van der Waals surface area contributed by atoms with E-state index in [1.165, 1.54) is 12.4 Å². The number of allylic oxidation sites excluding steroid dienone is 1. The Bertz CT molecular complexity index is 686. The van der Waals surface area contributed by atoms with Crippen LogP contribution >= 0.6 is 0 Å². The van der Waals surface area contributed by atoms with E-state index >= 15 is 0 Å². The van der Waals surface area contributed by atoms with Gasteiger partial charge in [-0.15, -0.1) is 0 Å². The lowest BCUT2D eigenvalue weighted by molar-refractivity contribution is 0.0274. The van der Waals surface area contributed by atoms with Crippen molar-refractivity contribution in [2.45, 2.75) is 19.4 Å². The number of ketones is 1. The first-order chi connectivity index (χ1) is 10.4. The lowest BCUT2D eigenvalue weighted by Gasteiger charge is -2.17. The summed E-state index contributed by atoms with van der Waals surface area (Å²) in [5, 5.41) is 13.2. The second-order valence-electron chi connectivity index (χ2n) is 5.53. The lowest BCUT2D eigenvalue weighted by atomic mass is 10.1. The Labute approximate surface area is 128 Å². The van der Waals surface area contributed by atoms with Crippen molar-refractivity contribution in [1.82, 2.24) is 20.3 Å². The van der Waals surface area contributed by atoms with Crippen molar-refractivity contribution in [2.75, 3.05) is 20.2 Å². The third-order valence-electron chi connectivity index (χ3n) is 2.85. The molecule has 2 rings (SSSR count). The van der Waals surface area contributed by atoms with E-state index in [0.29, 0.717) is 23.1 Å². The highest BCUT2D eigenvalue weighted by atomic mass is 16.5. The van der Waals surface area contributed by atoms with Crippen LogP contribution in [0.3, 0.4) is 0 Å². The smallest absolute Gasteiger partial charge is 0.226 e. The molecule has 2 heterocycles. The van der Waals surface area contributed by atoms with Gasteiger partial charge in [-0.25, -0.2) is 9.97 Å². The average molecular weight is 304 g/mol. The molecular formula is C15H20N4O3. The Balaban J connectivity index is 2.34. The van der Waals surface area contributed by atoms with Crippen LogP contribution in [0.25, 0.3) is 11.0 Å². The average Bonchev–Trinajstić information content (AvgIpc) is 2.89. The van der Waals surface area contributed by atoms with Gasteiger partial charge >= 0.3 is 0 Å². The van der Waals surface area contributed by atoms with Crippen molar-refractivity contribution in [3.63, 3.8) is 0 Å². The molecule has 118 valence electrons. The molecule has 7 heteroatoms. The zero-order chi connectivity index (χ0) is 16.2. The first-order valence-corrected chi connectivity index (χ1v) is 6.95. The minimum atomic E-state index is -0.996. The molecule has 0 aliphatic heterocycles. The predicted octanol–water partition coefficient (Wildman–Crippen LogP) is 1.07. The fourth-order valence-electron chi connectivity index (χ4n) is 1.86. The van der Waals surface area contributed by atoms with Gasteiger partial charge in [-0.1, -0.05) is 6.08 Å². The summed E-state index contributed by atoms with van der Waals surface area (Å²) in [5.74, 6) is 0.114. The highest BCUT2D eigenvalue weighted by Crippen LogP contribution is 2.26. The van der Waals surface area contributed by atoms with E-state index in [9.17, 15) is 9.90 Å². The van der Waals surface area contributed by atoms with Crippen molar-refractivity contribution in [3.05, 3.63) is 30.2 Å². The summed E-state index contributed by atoms with van der Waals surface area (Å²) in [7, 11) is 1.80. The van der Waals surface area contributed by atoms with Crippen molar-refractivity contribution >= 4 is 16.8 Å². The van der Waals surface area contributed by atoms with Gasteiger partial charge in [0.15, 0.2) is 5.78 Å². The Morgan fingerprint density at radius 1 is 1.50 bits per heavy atom. The third kappa shape index (κ3) is 3.90. The number of hydrogen-bond acceptors (Lipinski definition) is 6. The molecule has 0 fully saturated rings. The number of carbonyl (C=O) groups excluding carboxylic acids is 1. The van der Waals surface area contributed by atoms with Crippen LogP contribution < -0.4 is 10.1 Å². The van der Waals surface area contributed by atoms with Gasteiger partial charge in [0.25, 0.3) is 0 Å². The number of nitrogens with zero attached hydrogens (tertiary/aromatic N) is 2. The number of aliphatic hydroxyl groups is 1. The van der Waals surface area contributed by atoms with Gasteiger partial charge in [0, 0.05) is 12.7 Å². The summed E-state index contributed by atoms with van der Waals surface area (Å²) in [6, 6.07) is 0. The maximum Gasteiger partial charge on any atom is 0.226 e. The van der Waals surface area contributed by atoms with Crippen LogP contribution in [0.5, 0.6) is 5.88 Å². The van der Waals surface area contributed by atoms with Gasteiger partial charge in [-0.05, 0) is 27.0 Å². The normalized spacial score (nSPS) is 12.2. The van der Waals surface area contributed by atoms with Crippen molar-refractivity contribution in [2.24, 2.45) is 0 Å². The Morgan fingerprint density at radius 2 is 2.27 bits per heavy atom. The van der Waals surface area contributed by atoms with Gasteiger partial charge in [-0.2, -0.15) is 0 Å². The van der Waals surface area contributed by atoms with Crippen molar-refractivity contribution in [3.8, 4) is 5.88 Å². The van der Waals surface area contributed by atoms with E-state index in [0.717, 1.165) is 0 Å².